The summed E-state index contributed by atoms with van der Waals surface area (Å²) in [5.41, 5.74) is 5.85. The summed E-state index contributed by atoms with van der Waals surface area (Å²) in [6.07, 6.45) is 0.669. The SMILES string of the molecule is CCOC[C@@H](C(=O)N1CCOCC1)[N+]1([O-])CC[C@H](N)C1. The van der Waals surface area contributed by atoms with Gasteiger partial charge in [0.2, 0.25) is 0 Å². The van der Waals surface area contributed by atoms with Crippen molar-refractivity contribution in [2.45, 2.75) is 25.4 Å². The zero-order chi connectivity index (χ0) is 14.6. The van der Waals surface area contributed by atoms with E-state index in [0.717, 1.165) is 0 Å². The normalized spacial score (nSPS) is 32.4. The minimum absolute atomic E-state index is 0.117. The third kappa shape index (κ3) is 3.48. The summed E-state index contributed by atoms with van der Waals surface area (Å²) in [7, 11) is 0. The Labute approximate surface area is 119 Å². The molecule has 2 aliphatic heterocycles. The van der Waals surface area contributed by atoms with Crippen molar-refractivity contribution in [1.29, 1.82) is 0 Å². The van der Waals surface area contributed by atoms with Crippen LogP contribution >= 0.6 is 0 Å². The molecule has 2 rings (SSSR count). The van der Waals surface area contributed by atoms with Crippen molar-refractivity contribution >= 4 is 5.91 Å². The first-order valence-electron chi connectivity index (χ1n) is 7.34. The van der Waals surface area contributed by atoms with Crippen LogP contribution in [0.25, 0.3) is 0 Å². The monoisotopic (exact) mass is 287 g/mol. The Morgan fingerprint density at radius 1 is 1.55 bits per heavy atom. The molecule has 0 aromatic carbocycles. The highest BCUT2D eigenvalue weighted by molar-refractivity contribution is 5.81. The summed E-state index contributed by atoms with van der Waals surface area (Å²) in [5, 5.41) is 12.9. The molecule has 2 aliphatic rings. The van der Waals surface area contributed by atoms with E-state index >= 15 is 0 Å². The van der Waals surface area contributed by atoms with Gasteiger partial charge in [0.1, 0.15) is 6.61 Å². The molecule has 0 saturated carbocycles. The Morgan fingerprint density at radius 3 is 2.80 bits per heavy atom. The highest BCUT2D eigenvalue weighted by atomic mass is 16.6. The van der Waals surface area contributed by atoms with Gasteiger partial charge in [-0.2, -0.15) is 0 Å². The van der Waals surface area contributed by atoms with E-state index in [0.29, 0.717) is 52.4 Å². The van der Waals surface area contributed by atoms with E-state index in [1.165, 1.54) is 0 Å². The average molecular weight is 287 g/mol. The average Bonchev–Trinajstić information content (AvgIpc) is 2.80. The lowest BCUT2D eigenvalue weighted by Crippen LogP contribution is -2.60. The van der Waals surface area contributed by atoms with E-state index in [2.05, 4.69) is 0 Å². The smallest absolute Gasteiger partial charge is 0.283 e. The van der Waals surface area contributed by atoms with Crippen molar-refractivity contribution in [3.8, 4) is 0 Å². The molecular formula is C13H25N3O4. The van der Waals surface area contributed by atoms with Crippen molar-refractivity contribution in [1.82, 2.24) is 4.90 Å². The van der Waals surface area contributed by atoms with Gasteiger partial charge < -0.3 is 30.0 Å². The fraction of sp³-hybridized carbons (Fsp3) is 0.923. The van der Waals surface area contributed by atoms with Crippen LogP contribution in [0.15, 0.2) is 0 Å². The number of nitrogens with zero attached hydrogens (tertiary/aromatic N) is 2. The maximum atomic E-state index is 12.9. The van der Waals surface area contributed by atoms with E-state index in [1.54, 1.807) is 4.90 Å². The van der Waals surface area contributed by atoms with Crippen LogP contribution in [0.5, 0.6) is 0 Å². The Hall–Kier alpha value is -0.730. The maximum absolute atomic E-state index is 12.9. The van der Waals surface area contributed by atoms with Gasteiger partial charge in [0, 0.05) is 26.1 Å². The number of hydrogen-bond acceptors (Lipinski definition) is 5. The van der Waals surface area contributed by atoms with Crippen molar-refractivity contribution in [2.75, 3.05) is 52.6 Å². The minimum atomic E-state index is -0.693. The third-order valence-electron chi connectivity index (χ3n) is 4.08. The molecule has 2 saturated heterocycles. The first-order valence-corrected chi connectivity index (χ1v) is 7.34. The Balaban J connectivity index is 2.07. The molecule has 0 aliphatic carbocycles. The number of ether oxygens (including phenoxy) is 2. The van der Waals surface area contributed by atoms with E-state index in [1.807, 2.05) is 6.92 Å². The van der Waals surface area contributed by atoms with Crippen LogP contribution in [0, 0.1) is 5.21 Å². The van der Waals surface area contributed by atoms with Gasteiger partial charge >= 0.3 is 0 Å². The van der Waals surface area contributed by atoms with Crippen LogP contribution in [0.1, 0.15) is 13.3 Å². The molecule has 20 heavy (non-hydrogen) atoms. The van der Waals surface area contributed by atoms with Gasteiger partial charge in [-0.15, -0.1) is 0 Å². The van der Waals surface area contributed by atoms with E-state index < -0.39 is 10.7 Å². The highest BCUT2D eigenvalue weighted by Gasteiger charge is 2.42. The summed E-state index contributed by atoms with van der Waals surface area (Å²) in [5.74, 6) is -0.120. The number of carbonyl (C=O) groups excluding carboxylic acids is 1. The molecule has 0 radical (unpaired) electrons. The van der Waals surface area contributed by atoms with Crippen molar-refractivity contribution in [3.05, 3.63) is 5.21 Å². The van der Waals surface area contributed by atoms with Crippen LogP contribution in [0.2, 0.25) is 0 Å². The van der Waals surface area contributed by atoms with Crippen LogP contribution in [-0.4, -0.2) is 80.1 Å². The van der Waals surface area contributed by atoms with Crippen molar-refractivity contribution < 1.29 is 18.9 Å². The van der Waals surface area contributed by atoms with Crippen LogP contribution in [0.4, 0.5) is 0 Å². The predicted octanol–water partition coefficient (Wildman–Crippen LogP) is -0.704. The fourth-order valence-electron chi connectivity index (χ4n) is 2.88. The molecule has 0 spiro atoms. The Kier molecular flexibility index (Phi) is 5.34. The van der Waals surface area contributed by atoms with Gasteiger partial charge in [-0.05, 0) is 6.92 Å². The Bertz CT molecular complexity index is 336. The lowest BCUT2D eigenvalue weighted by Gasteiger charge is -2.46. The van der Waals surface area contributed by atoms with Gasteiger partial charge in [0.05, 0.1) is 32.3 Å². The molecule has 0 bridgehead atoms. The highest BCUT2D eigenvalue weighted by Crippen LogP contribution is 2.23. The first kappa shape index (κ1) is 15.7. The van der Waals surface area contributed by atoms with Gasteiger partial charge in [-0.3, -0.25) is 4.79 Å². The third-order valence-corrected chi connectivity index (χ3v) is 4.08. The van der Waals surface area contributed by atoms with E-state index in [4.69, 9.17) is 15.2 Å². The Morgan fingerprint density at radius 2 is 2.25 bits per heavy atom. The summed E-state index contributed by atoms with van der Waals surface area (Å²) in [4.78, 5) is 14.4. The topological polar surface area (TPSA) is 87.8 Å². The molecule has 1 unspecified atom stereocenters. The van der Waals surface area contributed by atoms with Gasteiger partial charge in [0.25, 0.3) is 5.91 Å². The number of hydrogen-bond donors (Lipinski definition) is 1. The second kappa shape index (κ2) is 6.82. The van der Waals surface area contributed by atoms with Crippen molar-refractivity contribution in [2.24, 2.45) is 5.73 Å². The number of quaternary nitrogens is 1. The largest absolute Gasteiger partial charge is 0.632 e. The van der Waals surface area contributed by atoms with Gasteiger partial charge in [-0.25, -0.2) is 0 Å². The minimum Gasteiger partial charge on any atom is -0.632 e. The van der Waals surface area contributed by atoms with Gasteiger partial charge in [-0.1, -0.05) is 0 Å². The number of nitrogens with two attached hydrogens (primary N) is 1. The molecule has 116 valence electrons. The van der Waals surface area contributed by atoms with E-state index in [9.17, 15) is 10.0 Å². The molecule has 2 N–H and O–H groups in total. The van der Waals surface area contributed by atoms with Gasteiger partial charge in [0.15, 0.2) is 6.04 Å². The molecule has 0 aromatic heterocycles. The quantitative estimate of drug-likeness (QED) is 0.533. The van der Waals surface area contributed by atoms with Crippen LogP contribution in [0.3, 0.4) is 0 Å². The number of hydroxylamine groups is 3. The summed E-state index contributed by atoms with van der Waals surface area (Å²) < 4.78 is 10.1. The zero-order valence-corrected chi connectivity index (χ0v) is 12.1. The fourth-order valence-corrected chi connectivity index (χ4v) is 2.88. The summed E-state index contributed by atoms with van der Waals surface area (Å²) in [6.45, 7) is 5.39. The molecule has 2 heterocycles. The predicted molar refractivity (Wildman–Crippen MR) is 73.6 cm³/mol. The molecule has 0 aromatic rings. The summed E-state index contributed by atoms with van der Waals surface area (Å²) in [6, 6.07) is -0.810. The second-order valence-electron chi connectivity index (χ2n) is 5.52. The molecule has 7 nitrogen and oxygen atoms in total. The number of morpholine rings is 1. The standard InChI is InChI=1S/C13H25N3O4/c1-2-19-10-12(16(18)6-3-11(14)9-16)13(17)15-4-7-20-8-5-15/h11-12H,2-10,14H2,1H3/t11-,12-,16?/m0/s1. The number of carbonyl (C=O) groups is 1. The molecule has 1 amide bonds. The number of rotatable bonds is 5. The molecule has 2 fully saturated rings. The first-order chi connectivity index (χ1) is 9.57. The van der Waals surface area contributed by atoms with Crippen molar-refractivity contribution in [3.63, 3.8) is 0 Å². The van der Waals surface area contributed by atoms with E-state index in [-0.39, 0.29) is 18.6 Å². The summed E-state index contributed by atoms with van der Waals surface area (Å²) >= 11 is 0. The lowest BCUT2D eigenvalue weighted by atomic mass is 10.2. The molecule has 3 atom stereocenters. The number of likely N-dealkylation sites (tertiary alicyclic amines) is 1. The number of amides is 1. The lowest BCUT2D eigenvalue weighted by molar-refractivity contribution is -0.885. The molecular weight excluding hydrogens is 262 g/mol. The molecule has 7 heteroatoms. The van der Waals surface area contributed by atoms with Crippen LogP contribution < -0.4 is 5.73 Å². The maximum Gasteiger partial charge on any atom is 0.283 e. The van der Waals surface area contributed by atoms with Crippen LogP contribution in [-0.2, 0) is 14.3 Å². The second-order valence-corrected chi connectivity index (χ2v) is 5.52. The zero-order valence-electron chi connectivity index (χ0n) is 12.1.